The van der Waals surface area contributed by atoms with Crippen LogP contribution in [-0.2, 0) is 19.1 Å². The van der Waals surface area contributed by atoms with Gasteiger partial charge in [0.2, 0.25) is 17.7 Å². The minimum atomic E-state index is -1.14. The average Bonchev–Trinajstić information content (AvgIpc) is 2.79. The molecule has 0 spiro atoms. The molecular weight excluding hydrogens is 472 g/mol. The van der Waals surface area contributed by atoms with E-state index in [-0.39, 0.29) is 25.3 Å². The van der Waals surface area contributed by atoms with Crippen LogP contribution in [0.4, 0.5) is 4.79 Å². The van der Waals surface area contributed by atoms with Crippen LogP contribution in [0.25, 0.3) is 0 Å². The lowest BCUT2D eigenvalue weighted by atomic mass is 9.95. The average molecular weight is 517 g/mol. The fourth-order valence-corrected chi connectivity index (χ4v) is 3.84. The number of rotatable bonds is 14. The fraction of sp³-hybridized carbons (Fsp3) is 0.571. The molecule has 9 heteroatoms. The van der Waals surface area contributed by atoms with Crippen LogP contribution in [0.15, 0.2) is 30.9 Å². The number of alkyl carbamates (subject to hydrolysis) is 1. The zero-order valence-electron chi connectivity index (χ0n) is 23.2. The number of aryl methyl sites for hydroxylation is 2. The van der Waals surface area contributed by atoms with E-state index in [0.717, 1.165) is 30.4 Å². The van der Waals surface area contributed by atoms with Gasteiger partial charge in [0.1, 0.15) is 17.7 Å². The highest BCUT2D eigenvalue weighted by atomic mass is 16.6. The highest BCUT2D eigenvalue weighted by Crippen LogP contribution is 2.27. The quantitative estimate of drug-likeness (QED) is 0.256. The Balaban J connectivity index is 3.46. The van der Waals surface area contributed by atoms with Crippen molar-refractivity contribution in [2.24, 2.45) is 5.73 Å². The van der Waals surface area contributed by atoms with E-state index >= 15 is 0 Å². The maximum atomic E-state index is 13.9. The summed E-state index contributed by atoms with van der Waals surface area (Å²) in [4.78, 5) is 52.9. The Morgan fingerprint density at radius 2 is 1.84 bits per heavy atom. The number of nitrogens with one attached hydrogen (secondary N) is 2. The van der Waals surface area contributed by atoms with E-state index in [4.69, 9.17) is 10.5 Å². The third kappa shape index (κ3) is 11.1. The van der Waals surface area contributed by atoms with Gasteiger partial charge in [-0.25, -0.2) is 4.79 Å². The zero-order chi connectivity index (χ0) is 28.2. The van der Waals surface area contributed by atoms with Gasteiger partial charge in [-0.05, 0) is 58.6 Å². The number of hydrogen-bond donors (Lipinski definition) is 3. The minimum Gasteiger partial charge on any atom is -0.444 e. The molecule has 1 rings (SSSR count). The van der Waals surface area contributed by atoms with E-state index in [2.05, 4.69) is 24.1 Å². The van der Waals surface area contributed by atoms with Crippen LogP contribution in [-0.4, -0.2) is 53.4 Å². The van der Waals surface area contributed by atoms with E-state index in [1.165, 1.54) is 11.0 Å². The smallest absolute Gasteiger partial charge is 0.408 e. The second-order valence-corrected chi connectivity index (χ2v) is 10.2. The van der Waals surface area contributed by atoms with Crippen molar-refractivity contribution in [3.63, 3.8) is 0 Å². The van der Waals surface area contributed by atoms with Gasteiger partial charge in [0.05, 0.1) is 0 Å². The van der Waals surface area contributed by atoms with E-state index < -0.39 is 35.6 Å². The first-order valence-corrected chi connectivity index (χ1v) is 12.8. The fourth-order valence-electron chi connectivity index (χ4n) is 3.84. The number of benzene rings is 1. The van der Waals surface area contributed by atoms with Crippen molar-refractivity contribution in [2.45, 2.75) is 91.3 Å². The summed E-state index contributed by atoms with van der Waals surface area (Å²) in [7, 11) is 0. The Hall–Kier alpha value is -3.36. The lowest BCUT2D eigenvalue weighted by Gasteiger charge is -2.34. The van der Waals surface area contributed by atoms with E-state index in [1.807, 2.05) is 32.0 Å². The van der Waals surface area contributed by atoms with Gasteiger partial charge in [-0.15, -0.1) is 6.58 Å². The summed E-state index contributed by atoms with van der Waals surface area (Å²) in [6, 6.07) is 3.62. The highest BCUT2D eigenvalue weighted by molar-refractivity contribution is 5.92. The van der Waals surface area contributed by atoms with Crippen LogP contribution in [0.5, 0.6) is 0 Å². The number of carbonyl (C=O) groups excluding carboxylic acids is 4. The maximum absolute atomic E-state index is 13.9. The number of ether oxygens (including phenoxy) is 1. The Morgan fingerprint density at radius 1 is 1.16 bits per heavy atom. The maximum Gasteiger partial charge on any atom is 0.408 e. The van der Waals surface area contributed by atoms with Crippen molar-refractivity contribution in [2.75, 3.05) is 13.1 Å². The molecule has 0 aliphatic carbocycles. The summed E-state index contributed by atoms with van der Waals surface area (Å²) in [5.74, 6) is -1.48. The molecule has 0 saturated carbocycles. The molecule has 2 atom stereocenters. The van der Waals surface area contributed by atoms with E-state index in [9.17, 15) is 19.2 Å². The van der Waals surface area contributed by atoms with Gasteiger partial charge in [0.15, 0.2) is 0 Å². The van der Waals surface area contributed by atoms with Gasteiger partial charge in [-0.3, -0.25) is 14.4 Å². The largest absolute Gasteiger partial charge is 0.444 e. The molecule has 9 nitrogen and oxygen atoms in total. The standard InChI is InChI=1S/C28H44N4O5/c1-8-10-11-16-30-25(34)24(21-18-19(3)12-13-20(21)4)32(17-9-2)26(35)22(14-15-23(29)33)31-27(36)37-28(5,6)7/h9,12-13,18,22,24H,2,8,10-11,14-17H2,1,3-7H3,(H2,29,33)(H,30,34)(H,31,36). The summed E-state index contributed by atoms with van der Waals surface area (Å²) >= 11 is 0. The summed E-state index contributed by atoms with van der Waals surface area (Å²) in [6.07, 6.45) is 3.34. The molecule has 4 N–H and O–H groups in total. The van der Waals surface area contributed by atoms with Crippen LogP contribution in [0.2, 0.25) is 0 Å². The van der Waals surface area contributed by atoms with Gasteiger partial charge >= 0.3 is 6.09 Å². The van der Waals surface area contributed by atoms with Gasteiger partial charge in [-0.2, -0.15) is 0 Å². The van der Waals surface area contributed by atoms with Crippen molar-refractivity contribution in [3.8, 4) is 0 Å². The number of amides is 4. The molecule has 0 aromatic heterocycles. The second-order valence-electron chi connectivity index (χ2n) is 10.2. The Morgan fingerprint density at radius 3 is 2.41 bits per heavy atom. The lowest BCUT2D eigenvalue weighted by molar-refractivity contribution is -0.142. The summed E-state index contributed by atoms with van der Waals surface area (Å²) < 4.78 is 5.33. The van der Waals surface area contributed by atoms with Gasteiger partial charge in [0, 0.05) is 19.5 Å². The number of carbonyl (C=O) groups is 4. The Bertz CT molecular complexity index is 954. The molecule has 0 aliphatic heterocycles. The predicted octanol–water partition coefficient (Wildman–Crippen LogP) is 3.82. The summed E-state index contributed by atoms with van der Waals surface area (Å²) in [5.41, 5.74) is 7.00. The van der Waals surface area contributed by atoms with Gasteiger partial charge in [-0.1, -0.05) is 49.6 Å². The third-order valence-electron chi connectivity index (χ3n) is 5.65. The van der Waals surface area contributed by atoms with Crippen LogP contribution in [0, 0.1) is 13.8 Å². The summed E-state index contributed by atoms with van der Waals surface area (Å²) in [6.45, 7) is 15.3. The van der Waals surface area contributed by atoms with Crippen LogP contribution < -0.4 is 16.4 Å². The van der Waals surface area contributed by atoms with Crippen LogP contribution >= 0.6 is 0 Å². The van der Waals surface area contributed by atoms with Crippen LogP contribution in [0.3, 0.4) is 0 Å². The molecule has 0 saturated heterocycles. The molecule has 0 radical (unpaired) electrons. The molecule has 2 unspecified atom stereocenters. The molecule has 0 aliphatic rings. The first-order chi connectivity index (χ1) is 17.3. The Kier molecular flexibility index (Phi) is 12.9. The molecule has 1 aromatic rings. The van der Waals surface area contributed by atoms with E-state index in [1.54, 1.807) is 20.8 Å². The third-order valence-corrected chi connectivity index (χ3v) is 5.65. The van der Waals surface area contributed by atoms with Crippen molar-refractivity contribution in [3.05, 3.63) is 47.5 Å². The molecule has 206 valence electrons. The number of nitrogens with two attached hydrogens (primary N) is 1. The van der Waals surface area contributed by atoms with Crippen LogP contribution in [0.1, 0.15) is 82.5 Å². The molecule has 0 heterocycles. The number of primary amides is 1. The second kappa shape index (κ2) is 15.0. The monoisotopic (exact) mass is 516 g/mol. The molecule has 0 bridgehead atoms. The zero-order valence-corrected chi connectivity index (χ0v) is 23.2. The van der Waals surface area contributed by atoms with Crippen molar-refractivity contribution < 1.29 is 23.9 Å². The topological polar surface area (TPSA) is 131 Å². The van der Waals surface area contributed by atoms with Crippen molar-refractivity contribution in [1.82, 2.24) is 15.5 Å². The SMILES string of the molecule is C=CCN(C(=O)C(CCC(N)=O)NC(=O)OC(C)(C)C)C(C(=O)NCCCCC)c1cc(C)ccc1C. The highest BCUT2D eigenvalue weighted by Gasteiger charge is 2.36. The summed E-state index contributed by atoms with van der Waals surface area (Å²) in [5, 5.41) is 5.54. The first kappa shape index (κ1) is 31.7. The Labute approximate surface area is 221 Å². The van der Waals surface area contributed by atoms with Crippen molar-refractivity contribution in [1.29, 1.82) is 0 Å². The number of unbranched alkanes of at least 4 members (excludes halogenated alkanes) is 2. The number of nitrogens with zero attached hydrogens (tertiary/aromatic N) is 1. The molecule has 1 aromatic carbocycles. The molecule has 0 fully saturated rings. The predicted molar refractivity (Wildman–Crippen MR) is 145 cm³/mol. The molecular formula is C28H44N4O5. The number of hydrogen-bond acceptors (Lipinski definition) is 5. The van der Waals surface area contributed by atoms with Gasteiger partial charge < -0.3 is 26.0 Å². The minimum absolute atomic E-state index is 0.0430. The molecule has 37 heavy (non-hydrogen) atoms. The normalized spacial score (nSPS) is 12.7. The van der Waals surface area contributed by atoms with Crippen molar-refractivity contribution >= 4 is 23.8 Å². The lowest BCUT2D eigenvalue weighted by Crippen LogP contribution is -2.53. The molecule has 4 amide bonds. The van der Waals surface area contributed by atoms with Gasteiger partial charge in [0.25, 0.3) is 0 Å². The first-order valence-electron chi connectivity index (χ1n) is 12.8. The van der Waals surface area contributed by atoms with E-state index in [0.29, 0.717) is 12.1 Å².